The Morgan fingerprint density at radius 3 is 1.85 bits per heavy atom. The second-order valence-corrected chi connectivity index (χ2v) is 13.2. The molecule has 0 saturated carbocycles. The molecule has 0 bridgehead atoms. The zero-order chi connectivity index (χ0) is 19.1. The molecule has 0 aliphatic carbocycles. The van der Waals surface area contributed by atoms with E-state index in [2.05, 4.69) is 21.6 Å². The van der Waals surface area contributed by atoms with Crippen LogP contribution in [-0.2, 0) is 0 Å². The number of aryl methyl sites for hydroxylation is 1. The van der Waals surface area contributed by atoms with Gasteiger partial charge in [0.1, 0.15) is 0 Å². The third-order valence-corrected chi connectivity index (χ3v) is 11.3. The second kappa shape index (κ2) is 11.7. The molecule has 0 unspecified atom stereocenters. The largest absolute Gasteiger partial charge is 0.272 e. The Labute approximate surface area is 185 Å². The first kappa shape index (κ1) is 22.3. The van der Waals surface area contributed by atoms with E-state index < -0.39 is 0 Å². The molecule has 0 amide bonds. The lowest BCUT2D eigenvalue weighted by atomic mass is 10.2. The summed E-state index contributed by atoms with van der Waals surface area (Å²) >= 11 is 2.69. The minimum absolute atomic E-state index is 0.137. The van der Waals surface area contributed by atoms with Crippen LogP contribution in [0.15, 0.2) is 28.0 Å². The summed E-state index contributed by atoms with van der Waals surface area (Å²) in [6.07, 6.45) is 4.75. The van der Waals surface area contributed by atoms with Crippen molar-refractivity contribution in [2.45, 2.75) is 42.4 Å². The first-order valence-electron chi connectivity index (χ1n) is 8.83. The first-order chi connectivity index (χ1) is 13.1. The minimum Gasteiger partial charge on any atom is -0.272 e. The van der Waals surface area contributed by atoms with Crippen molar-refractivity contribution in [1.29, 1.82) is 0 Å². The molecule has 2 saturated heterocycles. The fraction of sp³-hybridized carbons (Fsp3) is 0.529. The van der Waals surface area contributed by atoms with Gasteiger partial charge in [0, 0.05) is 59.9 Å². The van der Waals surface area contributed by atoms with Crippen LogP contribution in [0, 0.1) is 6.92 Å². The van der Waals surface area contributed by atoms with Gasteiger partial charge >= 0.3 is 0 Å². The molecule has 10 heteroatoms. The quantitative estimate of drug-likeness (QED) is 0.309. The van der Waals surface area contributed by atoms with Crippen LogP contribution in [0.25, 0.3) is 0 Å². The highest BCUT2D eigenvalue weighted by Crippen LogP contribution is 2.42. The number of hydrogen-bond acceptors (Lipinski definition) is 10. The summed E-state index contributed by atoms with van der Waals surface area (Å²) in [4.78, 5) is 26.3. The summed E-state index contributed by atoms with van der Waals surface area (Å²) < 4.78 is 4.57. The number of carbonyl (C=O) groups is 2. The third kappa shape index (κ3) is 7.73. The average Bonchev–Trinajstić information content (AvgIpc) is 3.33. The van der Waals surface area contributed by atoms with Crippen LogP contribution >= 0.6 is 67.1 Å². The molecule has 0 spiro atoms. The number of rotatable bonds is 6. The van der Waals surface area contributed by atoms with Gasteiger partial charge in [0.05, 0.1) is 0 Å². The number of benzene rings is 1. The molecule has 0 aromatic heterocycles. The van der Waals surface area contributed by atoms with Gasteiger partial charge in [-0.1, -0.05) is 0 Å². The van der Waals surface area contributed by atoms with Crippen molar-refractivity contribution in [2.24, 2.45) is 0 Å². The zero-order valence-electron chi connectivity index (χ0n) is 15.0. The van der Waals surface area contributed by atoms with Gasteiger partial charge in [0.15, 0.2) is 0 Å². The Kier molecular flexibility index (Phi) is 9.64. The Balaban J connectivity index is 1.41. The average molecular weight is 479 g/mol. The smallest absolute Gasteiger partial charge is 0.271 e. The van der Waals surface area contributed by atoms with E-state index in [1.807, 2.05) is 12.1 Å². The lowest BCUT2D eigenvalue weighted by molar-refractivity contribution is 0.275. The summed E-state index contributed by atoms with van der Waals surface area (Å²) in [6, 6.07) is 6.16. The lowest BCUT2D eigenvalue weighted by Gasteiger charge is -2.12. The summed E-state index contributed by atoms with van der Waals surface area (Å²) in [5.41, 5.74) is 1.14. The molecule has 2 fully saturated rings. The molecular weight excluding hydrogens is 457 g/mol. The minimum atomic E-state index is 0.137. The normalized spacial score (nSPS) is 18.3. The van der Waals surface area contributed by atoms with E-state index in [0.29, 0.717) is 0 Å². The van der Waals surface area contributed by atoms with Crippen LogP contribution < -0.4 is 0 Å². The van der Waals surface area contributed by atoms with Crippen molar-refractivity contribution in [3.8, 4) is 0 Å². The molecule has 0 radical (unpaired) electrons. The predicted molar refractivity (Wildman–Crippen MR) is 126 cm³/mol. The molecule has 1 aromatic carbocycles. The van der Waals surface area contributed by atoms with Crippen LogP contribution in [0.2, 0.25) is 0 Å². The second-order valence-electron chi connectivity index (χ2n) is 6.22. The van der Waals surface area contributed by atoms with Gasteiger partial charge in [-0.15, -0.1) is 0 Å². The first-order valence-corrected chi connectivity index (χ1v) is 14.7. The summed E-state index contributed by atoms with van der Waals surface area (Å²) in [6.45, 7) is 6.10. The SMILES string of the molecule is Cc1cc(SSC(=O)SN2CCCC2)ccc1SSC(=O)SN1CCCC1. The fourth-order valence-corrected chi connectivity index (χ4v) is 8.89. The molecule has 1 aromatic rings. The standard InChI is InChI=1S/C17H22N2O2S6/c1-13-12-14(24-26-16(20)22-18-8-2-3-9-18)6-7-15(13)25-27-17(21)23-19-10-4-5-11-19/h6-7,12H,2-5,8-11H2,1H3. The maximum atomic E-state index is 12.1. The van der Waals surface area contributed by atoms with Crippen molar-refractivity contribution in [3.63, 3.8) is 0 Å². The molecule has 0 N–H and O–H groups in total. The highest BCUT2D eigenvalue weighted by molar-refractivity contribution is 8.86. The highest BCUT2D eigenvalue weighted by Gasteiger charge is 2.18. The van der Waals surface area contributed by atoms with Crippen LogP contribution in [0.4, 0.5) is 9.59 Å². The van der Waals surface area contributed by atoms with E-state index in [1.54, 1.807) is 0 Å². The van der Waals surface area contributed by atoms with E-state index in [1.165, 1.54) is 92.8 Å². The van der Waals surface area contributed by atoms with E-state index in [4.69, 9.17) is 0 Å². The Morgan fingerprint density at radius 2 is 1.33 bits per heavy atom. The van der Waals surface area contributed by atoms with Crippen molar-refractivity contribution in [3.05, 3.63) is 23.8 Å². The maximum Gasteiger partial charge on any atom is 0.271 e. The van der Waals surface area contributed by atoms with Gasteiger partial charge < -0.3 is 0 Å². The number of nitrogens with zero attached hydrogens (tertiary/aromatic N) is 2. The molecule has 0 atom stereocenters. The van der Waals surface area contributed by atoms with E-state index in [9.17, 15) is 9.59 Å². The molecule has 2 heterocycles. The van der Waals surface area contributed by atoms with Gasteiger partial charge in [0.2, 0.25) is 0 Å². The van der Waals surface area contributed by atoms with E-state index in [0.717, 1.165) is 41.5 Å². The van der Waals surface area contributed by atoms with Crippen molar-refractivity contribution >= 4 is 76.0 Å². The van der Waals surface area contributed by atoms with E-state index >= 15 is 0 Å². The molecule has 2 aliphatic heterocycles. The van der Waals surface area contributed by atoms with E-state index in [-0.39, 0.29) is 8.89 Å². The molecule has 27 heavy (non-hydrogen) atoms. The van der Waals surface area contributed by atoms with Crippen LogP contribution in [0.5, 0.6) is 0 Å². The van der Waals surface area contributed by atoms with Gasteiger partial charge in [0.25, 0.3) is 8.89 Å². The van der Waals surface area contributed by atoms with Gasteiger partial charge in [-0.3, -0.25) is 9.59 Å². The highest BCUT2D eigenvalue weighted by atomic mass is 33.1. The fourth-order valence-electron chi connectivity index (χ4n) is 2.73. The van der Waals surface area contributed by atoms with Gasteiger partial charge in [-0.05, 0) is 99.5 Å². The lowest BCUT2D eigenvalue weighted by Crippen LogP contribution is -2.10. The molecule has 2 aliphatic rings. The number of hydrogen-bond donors (Lipinski definition) is 0. The Morgan fingerprint density at radius 1 is 0.815 bits per heavy atom. The summed E-state index contributed by atoms with van der Waals surface area (Å²) in [5, 5.41) is 0. The monoisotopic (exact) mass is 478 g/mol. The molecule has 148 valence electrons. The summed E-state index contributed by atoms with van der Waals surface area (Å²) in [7, 11) is 5.61. The van der Waals surface area contributed by atoms with Crippen LogP contribution in [-0.4, -0.2) is 43.7 Å². The van der Waals surface area contributed by atoms with Crippen LogP contribution in [0.3, 0.4) is 0 Å². The van der Waals surface area contributed by atoms with Crippen molar-refractivity contribution in [2.75, 3.05) is 26.2 Å². The maximum absolute atomic E-state index is 12.1. The summed E-state index contributed by atoms with van der Waals surface area (Å²) in [5.74, 6) is 0. The van der Waals surface area contributed by atoms with Crippen molar-refractivity contribution < 1.29 is 9.59 Å². The van der Waals surface area contributed by atoms with Gasteiger partial charge in [-0.25, -0.2) is 8.61 Å². The zero-order valence-corrected chi connectivity index (χ0v) is 19.9. The van der Waals surface area contributed by atoms with Crippen molar-refractivity contribution in [1.82, 2.24) is 8.61 Å². The molecule has 4 nitrogen and oxygen atoms in total. The number of carbonyl (C=O) groups excluding carboxylic acids is 2. The predicted octanol–water partition coefficient (Wildman–Crippen LogP) is 7.20. The Hall–Kier alpha value is 0.580. The van der Waals surface area contributed by atoms with Gasteiger partial charge in [-0.2, -0.15) is 0 Å². The Bertz CT molecular complexity index is 663. The van der Waals surface area contributed by atoms with Crippen LogP contribution in [0.1, 0.15) is 31.2 Å². The molecule has 3 rings (SSSR count). The molecular formula is C17H22N2O2S6. The third-order valence-electron chi connectivity index (χ3n) is 4.09. The topological polar surface area (TPSA) is 40.6 Å².